The summed E-state index contributed by atoms with van der Waals surface area (Å²) >= 11 is 0. The van der Waals surface area contributed by atoms with Crippen LogP contribution in [0.3, 0.4) is 0 Å². The molecule has 0 aliphatic carbocycles. The summed E-state index contributed by atoms with van der Waals surface area (Å²) in [6.07, 6.45) is 2.76. The lowest BCUT2D eigenvalue weighted by atomic mass is 10.0. The molecule has 0 amide bonds. The predicted octanol–water partition coefficient (Wildman–Crippen LogP) is 3.19. The first-order valence-corrected chi connectivity index (χ1v) is 11.6. The second-order valence-electron chi connectivity index (χ2n) is 8.71. The van der Waals surface area contributed by atoms with Crippen molar-refractivity contribution in [1.82, 2.24) is 14.9 Å². The molecule has 1 aromatic heterocycles. The van der Waals surface area contributed by atoms with Gasteiger partial charge in [0.1, 0.15) is 23.6 Å². The summed E-state index contributed by atoms with van der Waals surface area (Å²) in [5.74, 6) is 1.44. The molecule has 7 nitrogen and oxygen atoms in total. The van der Waals surface area contributed by atoms with Crippen molar-refractivity contribution < 1.29 is 14.3 Å². The smallest absolute Gasteiger partial charge is 0.143 e. The Hall–Kier alpha value is -3.45. The van der Waals surface area contributed by atoms with Gasteiger partial charge in [-0.1, -0.05) is 12.1 Å². The van der Waals surface area contributed by atoms with Gasteiger partial charge < -0.3 is 19.3 Å². The number of nitrogens with zero attached hydrogens (tertiary/aromatic N) is 4. The van der Waals surface area contributed by atoms with Crippen LogP contribution in [0.5, 0.6) is 11.5 Å². The van der Waals surface area contributed by atoms with Crippen LogP contribution in [-0.2, 0) is 24.1 Å². The SMILES string of the molecule is COc1ccc(OC)c(CC(=O)Cc2cc(Cc3cccc(N4CCN(C)CC4)c3)ncn2)c1. The molecule has 178 valence electrons. The Morgan fingerprint density at radius 2 is 1.71 bits per heavy atom. The standard InChI is InChI=1S/C27H32N4O3/c1-30-9-11-31(12-10-30)24-6-4-5-20(14-24)13-22-17-23(29-19-28-22)18-25(32)15-21-16-26(33-2)7-8-27(21)34-3/h4-8,14,16-17,19H,9-13,15,18H2,1-3H3. The van der Waals surface area contributed by atoms with Crippen molar-refractivity contribution in [3.8, 4) is 11.5 Å². The number of carbonyl (C=O) groups is 1. The average Bonchev–Trinajstić information content (AvgIpc) is 2.85. The Kier molecular flexibility index (Phi) is 7.75. The molecule has 1 aliphatic rings. The zero-order chi connectivity index (χ0) is 23.9. The number of aromatic nitrogens is 2. The van der Waals surface area contributed by atoms with Gasteiger partial charge in [-0.25, -0.2) is 9.97 Å². The molecule has 0 bridgehead atoms. The van der Waals surface area contributed by atoms with E-state index in [2.05, 4.69) is 51.1 Å². The third-order valence-electron chi connectivity index (χ3n) is 6.20. The van der Waals surface area contributed by atoms with Crippen LogP contribution < -0.4 is 14.4 Å². The van der Waals surface area contributed by atoms with Crippen LogP contribution >= 0.6 is 0 Å². The van der Waals surface area contributed by atoms with Crippen molar-refractivity contribution in [3.63, 3.8) is 0 Å². The van der Waals surface area contributed by atoms with Gasteiger partial charge in [0.25, 0.3) is 0 Å². The van der Waals surface area contributed by atoms with Crippen molar-refractivity contribution in [2.75, 3.05) is 52.3 Å². The van der Waals surface area contributed by atoms with Crippen LogP contribution in [0.4, 0.5) is 5.69 Å². The third kappa shape index (κ3) is 6.11. The zero-order valence-electron chi connectivity index (χ0n) is 20.2. The van der Waals surface area contributed by atoms with Crippen LogP contribution in [0.25, 0.3) is 0 Å². The number of ether oxygens (including phenoxy) is 2. The van der Waals surface area contributed by atoms with Crippen LogP contribution in [0, 0.1) is 0 Å². The minimum atomic E-state index is 0.0632. The number of likely N-dealkylation sites (N-methyl/N-ethyl adjacent to an activating group) is 1. The number of ketones is 1. The summed E-state index contributed by atoms with van der Waals surface area (Å²) in [6, 6.07) is 16.1. The normalized spacial score (nSPS) is 14.1. The second-order valence-corrected chi connectivity index (χ2v) is 8.71. The van der Waals surface area contributed by atoms with Crippen LogP contribution in [0.15, 0.2) is 54.9 Å². The van der Waals surface area contributed by atoms with Gasteiger partial charge in [0.2, 0.25) is 0 Å². The average molecular weight is 461 g/mol. The number of anilines is 1. The lowest BCUT2D eigenvalue weighted by Gasteiger charge is -2.34. The highest BCUT2D eigenvalue weighted by molar-refractivity contribution is 5.83. The van der Waals surface area contributed by atoms with E-state index in [1.54, 1.807) is 20.5 Å². The summed E-state index contributed by atoms with van der Waals surface area (Å²) in [5, 5.41) is 0. The Morgan fingerprint density at radius 3 is 2.47 bits per heavy atom. The largest absolute Gasteiger partial charge is 0.497 e. The number of benzene rings is 2. The summed E-state index contributed by atoms with van der Waals surface area (Å²) < 4.78 is 10.7. The monoisotopic (exact) mass is 460 g/mol. The van der Waals surface area contributed by atoms with E-state index in [1.807, 2.05) is 24.3 Å². The summed E-state index contributed by atoms with van der Waals surface area (Å²) in [5.41, 5.74) is 4.90. The molecule has 7 heteroatoms. The molecule has 1 fully saturated rings. The molecule has 0 N–H and O–H groups in total. The molecule has 0 spiro atoms. The van der Waals surface area contributed by atoms with Crippen molar-refractivity contribution >= 4 is 11.5 Å². The van der Waals surface area contributed by atoms with E-state index in [0.29, 0.717) is 17.9 Å². The number of Topliss-reactive ketones (excluding diaryl/α,β-unsaturated/α-hetero) is 1. The number of carbonyl (C=O) groups excluding carboxylic acids is 1. The predicted molar refractivity (Wildman–Crippen MR) is 133 cm³/mol. The van der Waals surface area contributed by atoms with E-state index in [4.69, 9.17) is 9.47 Å². The Balaban J connectivity index is 1.41. The molecule has 0 radical (unpaired) electrons. The van der Waals surface area contributed by atoms with Crippen LogP contribution in [-0.4, -0.2) is 68.1 Å². The van der Waals surface area contributed by atoms with Gasteiger partial charge in [0.15, 0.2) is 0 Å². The molecule has 2 aromatic carbocycles. The van der Waals surface area contributed by atoms with Gasteiger partial charge in [-0.3, -0.25) is 4.79 Å². The van der Waals surface area contributed by atoms with Gasteiger partial charge in [-0.15, -0.1) is 0 Å². The Morgan fingerprint density at radius 1 is 0.912 bits per heavy atom. The van der Waals surface area contributed by atoms with E-state index >= 15 is 0 Å². The fourth-order valence-electron chi connectivity index (χ4n) is 4.27. The zero-order valence-corrected chi connectivity index (χ0v) is 20.2. The minimum Gasteiger partial charge on any atom is -0.497 e. The quantitative estimate of drug-likeness (QED) is 0.486. The molecule has 0 saturated carbocycles. The molecule has 1 aliphatic heterocycles. The second kappa shape index (κ2) is 11.1. The lowest BCUT2D eigenvalue weighted by Crippen LogP contribution is -2.44. The lowest BCUT2D eigenvalue weighted by molar-refractivity contribution is -0.117. The van der Waals surface area contributed by atoms with E-state index in [1.165, 1.54) is 11.3 Å². The number of hydrogen-bond donors (Lipinski definition) is 0. The first-order valence-electron chi connectivity index (χ1n) is 11.6. The maximum absolute atomic E-state index is 12.8. The fourth-order valence-corrected chi connectivity index (χ4v) is 4.27. The molecular formula is C27H32N4O3. The first kappa shape index (κ1) is 23.7. The number of methoxy groups -OCH3 is 2. The highest BCUT2D eigenvalue weighted by Gasteiger charge is 2.15. The molecule has 34 heavy (non-hydrogen) atoms. The molecule has 4 rings (SSSR count). The van der Waals surface area contributed by atoms with E-state index in [0.717, 1.165) is 43.1 Å². The topological polar surface area (TPSA) is 67.8 Å². The molecular weight excluding hydrogens is 428 g/mol. The number of rotatable bonds is 9. The minimum absolute atomic E-state index is 0.0632. The van der Waals surface area contributed by atoms with Gasteiger partial charge >= 0.3 is 0 Å². The maximum atomic E-state index is 12.8. The fraction of sp³-hybridized carbons (Fsp3) is 0.370. The number of piperazine rings is 1. The molecule has 2 heterocycles. The van der Waals surface area contributed by atoms with Crippen molar-refractivity contribution in [3.05, 3.63) is 77.4 Å². The van der Waals surface area contributed by atoms with E-state index < -0.39 is 0 Å². The first-order chi connectivity index (χ1) is 16.5. The van der Waals surface area contributed by atoms with Gasteiger partial charge in [0, 0.05) is 62.4 Å². The Labute approximate surface area is 201 Å². The van der Waals surface area contributed by atoms with Crippen molar-refractivity contribution in [2.24, 2.45) is 0 Å². The van der Waals surface area contributed by atoms with Crippen molar-refractivity contribution in [2.45, 2.75) is 19.3 Å². The molecule has 0 atom stereocenters. The Bertz CT molecular complexity index is 1130. The van der Waals surface area contributed by atoms with Gasteiger partial charge in [-0.2, -0.15) is 0 Å². The summed E-state index contributed by atoms with van der Waals surface area (Å²) in [6.45, 7) is 4.24. The van der Waals surface area contributed by atoms with Crippen LogP contribution in [0.1, 0.15) is 22.5 Å². The third-order valence-corrected chi connectivity index (χ3v) is 6.20. The van der Waals surface area contributed by atoms with Gasteiger partial charge in [-0.05, 0) is 49.0 Å². The van der Waals surface area contributed by atoms with Crippen LogP contribution in [0.2, 0.25) is 0 Å². The summed E-state index contributed by atoms with van der Waals surface area (Å²) in [4.78, 5) is 26.4. The summed E-state index contributed by atoms with van der Waals surface area (Å²) in [7, 11) is 5.38. The highest BCUT2D eigenvalue weighted by atomic mass is 16.5. The molecule has 3 aromatic rings. The van der Waals surface area contributed by atoms with E-state index in [-0.39, 0.29) is 18.6 Å². The van der Waals surface area contributed by atoms with Crippen molar-refractivity contribution in [1.29, 1.82) is 0 Å². The van der Waals surface area contributed by atoms with E-state index in [9.17, 15) is 4.79 Å². The number of hydrogen-bond acceptors (Lipinski definition) is 7. The molecule has 0 unspecified atom stereocenters. The van der Waals surface area contributed by atoms with Gasteiger partial charge in [0.05, 0.1) is 19.9 Å². The highest BCUT2D eigenvalue weighted by Crippen LogP contribution is 2.25. The maximum Gasteiger partial charge on any atom is 0.143 e. The molecule has 1 saturated heterocycles.